The predicted octanol–water partition coefficient (Wildman–Crippen LogP) is 3.41. The van der Waals surface area contributed by atoms with Crippen molar-refractivity contribution in [1.29, 1.82) is 5.26 Å². The molecule has 0 atom stereocenters. The molecule has 2 rings (SSSR count). The van der Waals surface area contributed by atoms with Crippen molar-refractivity contribution in [2.45, 2.75) is 19.3 Å². The summed E-state index contributed by atoms with van der Waals surface area (Å²) in [7, 11) is 0. The van der Waals surface area contributed by atoms with E-state index in [1.807, 2.05) is 12.1 Å². The van der Waals surface area contributed by atoms with Gasteiger partial charge in [-0.25, -0.2) is 0 Å². The van der Waals surface area contributed by atoms with E-state index in [1.54, 1.807) is 12.1 Å². The second kappa shape index (κ2) is 4.12. The molecule has 0 aromatic heterocycles. The van der Waals surface area contributed by atoms with Gasteiger partial charge in [-0.3, -0.25) is 0 Å². The van der Waals surface area contributed by atoms with Crippen molar-refractivity contribution in [2.75, 3.05) is 6.61 Å². The fraction of sp³-hybridized carbons (Fsp3) is 0.417. The van der Waals surface area contributed by atoms with Gasteiger partial charge in [-0.15, -0.1) is 0 Å². The van der Waals surface area contributed by atoms with Gasteiger partial charge >= 0.3 is 0 Å². The summed E-state index contributed by atoms with van der Waals surface area (Å²) in [5, 5.41) is 9.70. The number of ether oxygens (including phenoxy) is 1. The first-order chi connectivity index (χ1) is 7.24. The molecule has 1 aliphatic rings. The maximum Gasteiger partial charge on any atom is 0.119 e. The van der Waals surface area contributed by atoms with E-state index in [2.05, 4.69) is 6.07 Å². The van der Waals surface area contributed by atoms with Crippen molar-refractivity contribution >= 4 is 11.6 Å². The lowest BCUT2D eigenvalue weighted by Crippen LogP contribution is -2.34. The number of nitriles is 1. The van der Waals surface area contributed by atoms with E-state index in [1.165, 1.54) is 0 Å². The topological polar surface area (TPSA) is 33.0 Å². The summed E-state index contributed by atoms with van der Waals surface area (Å²) in [6.45, 7) is 0.491. The second-order valence-corrected chi connectivity index (χ2v) is 4.42. The van der Waals surface area contributed by atoms with Crippen LogP contribution in [0.1, 0.15) is 19.3 Å². The molecule has 1 aromatic rings. The SMILES string of the molecule is N#CC1(COc2ccc(Cl)cc2)CCC1. The van der Waals surface area contributed by atoms with Crippen LogP contribution in [0.2, 0.25) is 5.02 Å². The molecule has 1 aromatic carbocycles. The minimum absolute atomic E-state index is 0.236. The highest BCUT2D eigenvalue weighted by molar-refractivity contribution is 6.30. The molecular weight excluding hydrogens is 210 g/mol. The van der Waals surface area contributed by atoms with Gasteiger partial charge in [0.25, 0.3) is 0 Å². The number of hydrogen-bond acceptors (Lipinski definition) is 2. The summed E-state index contributed by atoms with van der Waals surface area (Å²) in [6, 6.07) is 9.57. The maximum absolute atomic E-state index is 9.01. The molecule has 1 saturated carbocycles. The van der Waals surface area contributed by atoms with E-state index in [0.717, 1.165) is 25.0 Å². The molecule has 1 aliphatic carbocycles. The first-order valence-electron chi connectivity index (χ1n) is 5.04. The molecule has 1 fully saturated rings. The molecule has 3 heteroatoms. The highest BCUT2D eigenvalue weighted by atomic mass is 35.5. The molecule has 0 heterocycles. The second-order valence-electron chi connectivity index (χ2n) is 3.99. The minimum Gasteiger partial charge on any atom is -0.492 e. The van der Waals surface area contributed by atoms with Crippen LogP contribution >= 0.6 is 11.6 Å². The fourth-order valence-corrected chi connectivity index (χ4v) is 1.77. The smallest absolute Gasteiger partial charge is 0.119 e. The Morgan fingerprint density at radius 3 is 2.47 bits per heavy atom. The molecule has 0 saturated heterocycles. The summed E-state index contributed by atoms with van der Waals surface area (Å²) >= 11 is 5.76. The van der Waals surface area contributed by atoms with Crippen molar-refractivity contribution in [3.05, 3.63) is 29.3 Å². The lowest BCUT2D eigenvalue weighted by atomic mass is 9.71. The Labute approximate surface area is 94.4 Å². The molecule has 2 nitrogen and oxygen atoms in total. The highest BCUT2D eigenvalue weighted by Crippen LogP contribution is 2.40. The average molecular weight is 222 g/mol. The van der Waals surface area contributed by atoms with Crippen LogP contribution in [0.4, 0.5) is 0 Å². The van der Waals surface area contributed by atoms with Gasteiger partial charge in [-0.2, -0.15) is 5.26 Å². The van der Waals surface area contributed by atoms with Crippen LogP contribution in [-0.4, -0.2) is 6.61 Å². The molecule has 0 bridgehead atoms. The van der Waals surface area contributed by atoms with Crippen molar-refractivity contribution < 1.29 is 4.74 Å². The third-order valence-corrected chi connectivity index (χ3v) is 3.13. The molecule has 0 aliphatic heterocycles. The van der Waals surface area contributed by atoms with E-state index in [9.17, 15) is 0 Å². The summed E-state index contributed by atoms with van der Waals surface area (Å²) in [4.78, 5) is 0. The predicted molar refractivity (Wildman–Crippen MR) is 58.8 cm³/mol. The van der Waals surface area contributed by atoms with Crippen LogP contribution in [0.15, 0.2) is 24.3 Å². The molecular formula is C12H12ClNO. The van der Waals surface area contributed by atoms with Crippen molar-refractivity contribution in [3.8, 4) is 11.8 Å². The van der Waals surface area contributed by atoms with Gasteiger partial charge in [0.2, 0.25) is 0 Å². The van der Waals surface area contributed by atoms with E-state index in [-0.39, 0.29) is 5.41 Å². The van der Waals surface area contributed by atoms with Crippen molar-refractivity contribution in [3.63, 3.8) is 0 Å². The molecule has 0 unspecified atom stereocenters. The van der Waals surface area contributed by atoms with Gasteiger partial charge in [0, 0.05) is 5.02 Å². The maximum atomic E-state index is 9.01. The van der Waals surface area contributed by atoms with Gasteiger partial charge in [0.15, 0.2) is 0 Å². The van der Waals surface area contributed by atoms with E-state index in [4.69, 9.17) is 21.6 Å². The van der Waals surface area contributed by atoms with Crippen molar-refractivity contribution in [1.82, 2.24) is 0 Å². The summed E-state index contributed by atoms with van der Waals surface area (Å²) in [6.07, 6.45) is 3.05. The number of benzene rings is 1. The summed E-state index contributed by atoms with van der Waals surface area (Å²) < 4.78 is 5.58. The summed E-state index contributed by atoms with van der Waals surface area (Å²) in [5.41, 5.74) is -0.236. The third-order valence-electron chi connectivity index (χ3n) is 2.88. The van der Waals surface area contributed by atoms with Crippen LogP contribution in [0.25, 0.3) is 0 Å². The first kappa shape index (κ1) is 10.3. The lowest BCUT2D eigenvalue weighted by Gasteiger charge is -2.34. The van der Waals surface area contributed by atoms with E-state index >= 15 is 0 Å². The minimum atomic E-state index is -0.236. The molecule has 78 valence electrons. The van der Waals surface area contributed by atoms with E-state index < -0.39 is 0 Å². The van der Waals surface area contributed by atoms with Gasteiger partial charge < -0.3 is 4.74 Å². The molecule has 0 amide bonds. The highest BCUT2D eigenvalue weighted by Gasteiger charge is 2.38. The third kappa shape index (κ3) is 2.24. The number of halogens is 1. The van der Waals surface area contributed by atoms with Crippen LogP contribution in [0.5, 0.6) is 5.75 Å². The van der Waals surface area contributed by atoms with Crippen LogP contribution in [0, 0.1) is 16.7 Å². The molecule has 15 heavy (non-hydrogen) atoms. The van der Waals surface area contributed by atoms with Crippen molar-refractivity contribution in [2.24, 2.45) is 5.41 Å². The zero-order valence-electron chi connectivity index (χ0n) is 8.37. The monoisotopic (exact) mass is 221 g/mol. The Kier molecular flexibility index (Phi) is 2.83. The molecule has 0 radical (unpaired) electrons. The average Bonchev–Trinajstić information content (AvgIpc) is 2.20. The standard InChI is InChI=1S/C12H12ClNO/c13-10-2-4-11(5-3-10)15-9-12(8-14)6-1-7-12/h2-5H,1,6-7,9H2. The van der Waals surface area contributed by atoms with E-state index in [0.29, 0.717) is 11.6 Å². The Balaban J connectivity index is 1.93. The number of hydrogen-bond donors (Lipinski definition) is 0. The quantitative estimate of drug-likeness (QED) is 0.784. The Bertz CT molecular complexity index is 376. The molecule has 0 spiro atoms. The zero-order chi connectivity index (χ0) is 10.7. The number of rotatable bonds is 3. The number of nitrogens with zero attached hydrogens (tertiary/aromatic N) is 1. The fourth-order valence-electron chi connectivity index (χ4n) is 1.64. The largest absolute Gasteiger partial charge is 0.492 e. The Hall–Kier alpha value is -1.20. The summed E-state index contributed by atoms with van der Waals surface area (Å²) in [5.74, 6) is 0.779. The van der Waals surface area contributed by atoms with Gasteiger partial charge in [-0.1, -0.05) is 18.0 Å². The van der Waals surface area contributed by atoms with Gasteiger partial charge in [0.05, 0.1) is 11.5 Å². The molecule has 0 N–H and O–H groups in total. The zero-order valence-corrected chi connectivity index (χ0v) is 9.13. The Morgan fingerprint density at radius 1 is 1.33 bits per heavy atom. The Morgan fingerprint density at radius 2 is 2.00 bits per heavy atom. The van der Waals surface area contributed by atoms with Gasteiger partial charge in [-0.05, 0) is 37.1 Å². The van der Waals surface area contributed by atoms with Crippen LogP contribution < -0.4 is 4.74 Å². The first-order valence-corrected chi connectivity index (χ1v) is 5.42. The van der Waals surface area contributed by atoms with Gasteiger partial charge in [0.1, 0.15) is 12.4 Å². The lowest BCUT2D eigenvalue weighted by molar-refractivity contribution is 0.115. The normalized spacial score (nSPS) is 17.6. The van der Waals surface area contributed by atoms with Crippen LogP contribution in [0.3, 0.4) is 0 Å². The van der Waals surface area contributed by atoms with Crippen LogP contribution in [-0.2, 0) is 0 Å².